The van der Waals surface area contributed by atoms with Gasteiger partial charge < -0.3 is 14.2 Å². The summed E-state index contributed by atoms with van der Waals surface area (Å²) in [5.41, 5.74) is 3.26. The summed E-state index contributed by atoms with van der Waals surface area (Å²) in [5.74, 6) is 0.746. The van der Waals surface area contributed by atoms with Crippen LogP contribution in [0.3, 0.4) is 0 Å². The highest BCUT2D eigenvalue weighted by Crippen LogP contribution is 2.37. The monoisotopic (exact) mass is 569 g/mol. The smallest absolute Gasteiger partial charge is 0.308 e. The van der Waals surface area contributed by atoms with Gasteiger partial charge in [0.15, 0.2) is 5.15 Å². The van der Waals surface area contributed by atoms with Gasteiger partial charge in [-0.25, -0.2) is 4.39 Å². The molecule has 0 amide bonds. The van der Waals surface area contributed by atoms with E-state index in [1.54, 1.807) is 6.07 Å². The lowest BCUT2D eigenvalue weighted by Gasteiger charge is -2.26. The van der Waals surface area contributed by atoms with E-state index in [1.165, 1.54) is 6.07 Å². The van der Waals surface area contributed by atoms with Crippen molar-refractivity contribution < 1.29 is 23.4 Å². The van der Waals surface area contributed by atoms with Crippen molar-refractivity contribution in [2.45, 2.75) is 52.6 Å². The maximum Gasteiger partial charge on any atom is 0.308 e. The Morgan fingerprint density at radius 3 is 2.90 bits per heavy atom. The second-order valence-electron chi connectivity index (χ2n) is 11.1. The van der Waals surface area contributed by atoms with Crippen molar-refractivity contribution in [2.75, 3.05) is 32.8 Å². The van der Waals surface area contributed by atoms with Gasteiger partial charge in [-0.15, -0.1) is 0 Å². The fraction of sp³-hybridized carbons (Fsp3) is 0.484. The normalized spacial score (nSPS) is 18.6. The van der Waals surface area contributed by atoms with Gasteiger partial charge in [0.05, 0.1) is 23.6 Å². The van der Waals surface area contributed by atoms with Crippen LogP contribution >= 0.6 is 11.6 Å². The fourth-order valence-corrected chi connectivity index (χ4v) is 5.74. The highest BCUT2D eigenvalue weighted by Gasteiger charge is 2.26. The van der Waals surface area contributed by atoms with Crippen LogP contribution in [-0.4, -0.2) is 53.9 Å². The highest BCUT2D eigenvalue weighted by atomic mass is 35.5. The third-order valence-corrected chi connectivity index (χ3v) is 7.86. The number of fused-ring (bicyclic) bond motifs is 2. The molecule has 2 aromatic carbocycles. The zero-order valence-electron chi connectivity index (χ0n) is 23.3. The number of esters is 1. The molecular weight excluding hydrogens is 533 g/mol. The van der Waals surface area contributed by atoms with E-state index < -0.39 is 0 Å². The molecule has 1 N–H and O–H groups in total. The van der Waals surface area contributed by atoms with Crippen LogP contribution in [0.1, 0.15) is 63.7 Å². The van der Waals surface area contributed by atoms with Crippen molar-refractivity contribution in [3.8, 4) is 11.5 Å². The zero-order valence-corrected chi connectivity index (χ0v) is 24.1. The SMILES string of the molecule is CCOC(=O)C1CCCN(CC2=Cc3c(F)cc(OC(CC(C)C)c4ccc5[nH]nc(Cl)c5c4)cc3OC2)CC1. The number of benzene rings is 2. The summed E-state index contributed by atoms with van der Waals surface area (Å²) in [6.45, 7) is 9.27. The van der Waals surface area contributed by atoms with E-state index in [0.717, 1.165) is 60.8 Å². The topological polar surface area (TPSA) is 76.7 Å². The molecule has 40 heavy (non-hydrogen) atoms. The molecule has 1 saturated heterocycles. The molecule has 5 rings (SSSR count). The van der Waals surface area contributed by atoms with E-state index in [0.29, 0.717) is 47.9 Å². The molecular formula is C31H37ClFN3O4. The maximum absolute atomic E-state index is 15.4. The van der Waals surface area contributed by atoms with Crippen LogP contribution in [0.25, 0.3) is 17.0 Å². The molecule has 0 aliphatic carbocycles. The summed E-state index contributed by atoms with van der Waals surface area (Å²) >= 11 is 6.25. The van der Waals surface area contributed by atoms with Crippen LogP contribution in [0.15, 0.2) is 35.9 Å². The molecule has 1 aromatic heterocycles. The van der Waals surface area contributed by atoms with Crippen LogP contribution in [0.2, 0.25) is 5.15 Å². The largest absolute Gasteiger partial charge is 0.488 e. The van der Waals surface area contributed by atoms with Gasteiger partial charge in [0.25, 0.3) is 0 Å². The summed E-state index contributed by atoms with van der Waals surface area (Å²) in [6, 6.07) is 9.12. The molecule has 214 valence electrons. The summed E-state index contributed by atoms with van der Waals surface area (Å²) in [5, 5.41) is 8.23. The van der Waals surface area contributed by atoms with Crippen molar-refractivity contribution in [2.24, 2.45) is 11.8 Å². The summed E-state index contributed by atoms with van der Waals surface area (Å²) in [7, 11) is 0. The Bertz CT molecular complexity index is 1390. The fourth-order valence-electron chi connectivity index (χ4n) is 5.55. The Balaban J connectivity index is 1.29. The zero-order chi connectivity index (χ0) is 28.2. The molecule has 3 heterocycles. The first-order valence-corrected chi connectivity index (χ1v) is 14.5. The quantitative estimate of drug-likeness (QED) is 0.281. The van der Waals surface area contributed by atoms with Gasteiger partial charge in [0.1, 0.15) is 30.0 Å². The molecule has 2 aliphatic rings. The number of carbonyl (C=O) groups excluding carboxylic acids is 1. The van der Waals surface area contributed by atoms with Gasteiger partial charge in [-0.2, -0.15) is 5.10 Å². The Morgan fingerprint density at radius 1 is 1.25 bits per heavy atom. The predicted octanol–water partition coefficient (Wildman–Crippen LogP) is 6.96. The molecule has 2 aliphatic heterocycles. The summed E-state index contributed by atoms with van der Waals surface area (Å²) < 4.78 is 33.0. The molecule has 3 aromatic rings. The highest BCUT2D eigenvalue weighted by molar-refractivity contribution is 6.34. The van der Waals surface area contributed by atoms with Crippen LogP contribution in [0, 0.1) is 17.7 Å². The lowest BCUT2D eigenvalue weighted by Crippen LogP contribution is -2.30. The van der Waals surface area contributed by atoms with Crippen LogP contribution < -0.4 is 9.47 Å². The lowest BCUT2D eigenvalue weighted by atomic mass is 9.98. The van der Waals surface area contributed by atoms with Gasteiger partial charge in [0, 0.05) is 24.1 Å². The summed E-state index contributed by atoms with van der Waals surface area (Å²) in [6.07, 6.45) is 4.90. The van der Waals surface area contributed by atoms with Crippen LogP contribution in [-0.2, 0) is 9.53 Å². The van der Waals surface area contributed by atoms with E-state index in [4.69, 9.17) is 25.8 Å². The molecule has 1 fully saturated rings. The van der Waals surface area contributed by atoms with E-state index in [1.807, 2.05) is 31.2 Å². The van der Waals surface area contributed by atoms with Gasteiger partial charge in [-0.05, 0) is 81.0 Å². The predicted molar refractivity (Wildman–Crippen MR) is 154 cm³/mol. The standard InChI is InChI=1S/C31H37ClFN3O4/c1-4-38-31(37)21-6-5-10-36(11-9-21)17-20-13-24-26(33)15-23(16-29(24)39-18-20)40-28(12-19(2)3)22-7-8-27-25(14-22)30(32)35-34-27/h7-8,13-16,19,21,28H,4-6,9-12,17-18H2,1-3H3,(H,34,35). The first kappa shape index (κ1) is 28.4. The molecule has 0 radical (unpaired) electrons. The Hall–Kier alpha value is -3.10. The molecule has 2 atom stereocenters. The van der Waals surface area contributed by atoms with E-state index >= 15 is 4.39 Å². The molecule has 9 heteroatoms. The summed E-state index contributed by atoms with van der Waals surface area (Å²) in [4.78, 5) is 14.5. The van der Waals surface area contributed by atoms with Crippen molar-refractivity contribution >= 4 is 34.5 Å². The number of H-pyrrole nitrogens is 1. The van der Waals surface area contributed by atoms with Gasteiger partial charge in [-0.1, -0.05) is 31.5 Å². The number of likely N-dealkylation sites (tertiary alicyclic amines) is 1. The Kier molecular flexibility index (Phi) is 8.96. The van der Waals surface area contributed by atoms with Gasteiger partial charge >= 0.3 is 5.97 Å². The number of aromatic nitrogens is 2. The van der Waals surface area contributed by atoms with Crippen LogP contribution in [0.5, 0.6) is 11.5 Å². The second-order valence-corrected chi connectivity index (χ2v) is 11.5. The minimum Gasteiger partial charge on any atom is -0.488 e. The van der Waals surface area contributed by atoms with E-state index in [9.17, 15) is 4.79 Å². The Morgan fingerprint density at radius 2 is 2.10 bits per heavy atom. The number of nitrogens with zero attached hydrogens (tertiary/aromatic N) is 2. The van der Waals surface area contributed by atoms with E-state index in [-0.39, 0.29) is 23.8 Å². The Labute approximate surface area is 239 Å². The van der Waals surface area contributed by atoms with Crippen molar-refractivity contribution in [1.29, 1.82) is 0 Å². The third-order valence-electron chi connectivity index (χ3n) is 7.57. The first-order valence-electron chi connectivity index (χ1n) is 14.2. The molecule has 0 saturated carbocycles. The number of hydrogen-bond acceptors (Lipinski definition) is 6. The third kappa shape index (κ3) is 6.61. The molecule has 0 bridgehead atoms. The lowest BCUT2D eigenvalue weighted by molar-refractivity contribution is -0.148. The van der Waals surface area contributed by atoms with Crippen molar-refractivity contribution in [1.82, 2.24) is 15.1 Å². The van der Waals surface area contributed by atoms with Crippen molar-refractivity contribution in [3.05, 3.63) is 58.0 Å². The van der Waals surface area contributed by atoms with E-state index in [2.05, 4.69) is 28.9 Å². The first-order chi connectivity index (χ1) is 19.3. The number of aromatic amines is 1. The molecule has 2 unspecified atom stereocenters. The van der Waals surface area contributed by atoms with Crippen LogP contribution in [0.4, 0.5) is 4.39 Å². The minimum atomic E-state index is -0.375. The van der Waals surface area contributed by atoms with Gasteiger partial charge in [-0.3, -0.25) is 14.8 Å². The molecule has 0 spiro atoms. The maximum atomic E-state index is 15.4. The average Bonchev–Trinajstić information content (AvgIpc) is 3.13. The van der Waals surface area contributed by atoms with Gasteiger partial charge in [0.2, 0.25) is 0 Å². The average molecular weight is 570 g/mol. The molecule has 7 nitrogen and oxygen atoms in total. The number of carbonyl (C=O) groups is 1. The number of ether oxygens (including phenoxy) is 3. The minimum absolute atomic E-state index is 0.0452. The number of hydrogen-bond donors (Lipinski definition) is 1. The second kappa shape index (κ2) is 12.6. The van der Waals surface area contributed by atoms with Crippen molar-refractivity contribution in [3.63, 3.8) is 0 Å². The number of rotatable bonds is 9. The number of halogens is 2. The number of nitrogens with one attached hydrogen (secondary N) is 1.